The molecule has 0 radical (unpaired) electrons. The molecule has 21 heterocycles. The third-order valence-corrected chi connectivity index (χ3v) is 19.7. The highest BCUT2D eigenvalue weighted by molar-refractivity contribution is 5.02. The molecule has 21 aliphatic rings. The highest BCUT2D eigenvalue weighted by atomic mass is 16.8. The Labute approximate surface area is 612 Å². The second-order valence-electron chi connectivity index (χ2n) is 32.6. The average Bonchev–Trinajstić information content (AvgIpc) is 0.788. The summed E-state index contributed by atoms with van der Waals surface area (Å²) >= 11 is 0. The van der Waals surface area contributed by atoms with Gasteiger partial charge in [-0.25, -0.2) is 0 Å². The van der Waals surface area contributed by atoms with Crippen LogP contribution in [-0.2, 0) is 85.3 Å². The second kappa shape index (κ2) is 39.0. The Hall–Kier alpha value is -1.56. The summed E-state index contributed by atoms with van der Waals surface area (Å²) in [6, 6.07) is 0. The summed E-state index contributed by atoms with van der Waals surface area (Å²) in [4.78, 5) is 0. The number of hydrogen-bond acceptors (Lipinski definition) is 35. The van der Waals surface area contributed by atoms with Gasteiger partial charge in [0.15, 0.2) is 44.0 Å². The van der Waals surface area contributed by atoms with E-state index in [0.717, 1.165) is 0 Å². The van der Waals surface area contributed by atoms with Gasteiger partial charge in [0.25, 0.3) is 0 Å². The number of aliphatic hydroxyl groups is 17. The molecule has 39 nitrogen and oxygen atoms in total. The third kappa shape index (κ3) is 23.3. The first-order valence-electron chi connectivity index (χ1n) is 36.3. The summed E-state index contributed by atoms with van der Waals surface area (Å²) in [5, 5.41) is 200. The van der Waals surface area contributed by atoms with E-state index in [-0.39, 0.29) is 26.4 Å². The van der Waals surface area contributed by atoms with E-state index in [9.17, 15) is 86.8 Å². The van der Waals surface area contributed by atoms with E-state index in [0.29, 0.717) is 69.8 Å². The standard InChI is InChI=1S/C66H126N4O35/c1-67(2,3)17-13-21-88-30-37-56-42(79)47(84)63(97-37)99-51-32(25-71)92-60(44(81)39(51)76)100-54-35(28-74)95-65(58(49(54)86)90-23-15-19-69(7,8)9)104-52-33(26-72)94-62(46(83)41(52)78)103-57-38(31-89-22-14-18-68(4,5)6)98-64(48(85)43(57)80)101-55-36(29-75)96-66(59(50(55)87)91-24-16-20-70(10,11)12)105-53-34(27-73)93-61(102-56)45(82)40(53)77/h32-66,71-87H,13-31H2,1-12H3/q+4/t32-,33-,34-,35-,36-,37-,38-,39-,40-,41-,42-,43-,44+,45+,46-,47+,48-,49+,50+,51-,52-,53-,54-,55-,56-,57-,58-,59-,60-,61-,62-,63-,64-,65-,66-/m1/s1. The van der Waals surface area contributed by atoms with Gasteiger partial charge in [-0.15, -0.1) is 0 Å². The minimum atomic E-state index is -2.16. The fourth-order valence-electron chi connectivity index (χ4n) is 13.9. The molecule has 21 aliphatic heterocycles. The van der Waals surface area contributed by atoms with Crippen molar-refractivity contribution in [3.05, 3.63) is 0 Å². The van der Waals surface area contributed by atoms with Crippen molar-refractivity contribution in [2.45, 2.75) is 241 Å². The zero-order chi connectivity index (χ0) is 77.4. The van der Waals surface area contributed by atoms with Crippen molar-refractivity contribution in [1.82, 2.24) is 0 Å². The SMILES string of the molecule is C[N+](C)(C)CCCOC[C@H]1O[C@@H]2O[C@H]3[C@H](O)[C@H](O)[C@@H](O[C@H]4[C@H](O)[C@@H](OCCC[N+](C)(C)C)[C@@H](O[C@H]5[C@H](O)[C@@H](O)[C@@H](O[C@H]6[C@H](O)[C@@H](O)[C@@H](O[C@H]7[C@H](O)[C@@H](OCCC[N+](C)(C)C)[C@@H](O[C@H]8[C@H](O)[C@H](O)[C@@H](O[C@H]1[C@H](O)[C@@H]2O)O[C@@H]8CO)O[C@@H]7CO)O[C@@H]6COCCC[N+](C)(C)C)O[C@@H]5CO)O[C@@H]4CO)O[C@@H]3CO. The van der Waals surface area contributed by atoms with E-state index >= 15 is 0 Å². The maximum atomic E-state index is 12.5. The highest BCUT2D eigenvalue weighted by Crippen LogP contribution is 2.40. The van der Waals surface area contributed by atoms with E-state index in [1.807, 2.05) is 84.6 Å². The lowest BCUT2D eigenvalue weighted by Crippen LogP contribution is -2.68. The number of ether oxygens (including phenoxy) is 18. The van der Waals surface area contributed by atoms with E-state index in [1.54, 1.807) is 0 Å². The molecule has 0 spiro atoms. The largest absolute Gasteiger partial charge is 0.394 e. The van der Waals surface area contributed by atoms with Gasteiger partial charge in [-0.1, -0.05) is 0 Å². The molecule has 17 N–H and O–H groups in total. The van der Waals surface area contributed by atoms with Gasteiger partial charge < -0.3 is 190 Å². The molecule has 616 valence electrons. The molecule has 0 unspecified atom stereocenters. The van der Waals surface area contributed by atoms with Crippen LogP contribution in [0, 0.1) is 0 Å². The second-order valence-corrected chi connectivity index (χ2v) is 32.6. The first kappa shape index (κ1) is 89.0. The lowest BCUT2D eigenvalue weighted by Gasteiger charge is -2.50. The zero-order valence-corrected chi connectivity index (χ0v) is 62.4. The van der Waals surface area contributed by atoms with E-state index in [4.69, 9.17) is 85.3 Å². The van der Waals surface area contributed by atoms with Crippen LogP contribution in [0.25, 0.3) is 0 Å². The number of rotatable bonds is 27. The van der Waals surface area contributed by atoms with Crippen LogP contribution in [0.2, 0.25) is 0 Å². The maximum absolute atomic E-state index is 12.5. The van der Waals surface area contributed by atoms with Crippen molar-refractivity contribution >= 4 is 0 Å². The van der Waals surface area contributed by atoms with Gasteiger partial charge in [-0.2, -0.15) is 0 Å². The minimum Gasteiger partial charge on any atom is -0.394 e. The first-order chi connectivity index (χ1) is 49.3. The number of nitrogens with zero attached hydrogens (tertiary/aromatic N) is 4. The average molecular weight is 1540 g/mol. The smallest absolute Gasteiger partial charge is 0.187 e. The Morgan fingerprint density at radius 1 is 0.229 bits per heavy atom. The predicted octanol–water partition coefficient (Wildman–Crippen LogP) is -10.7. The molecule has 0 amide bonds. The number of aliphatic hydroxyl groups excluding tert-OH is 17. The van der Waals surface area contributed by atoms with E-state index in [2.05, 4.69) is 0 Å². The Bertz CT molecular complexity index is 2520. The van der Waals surface area contributed by atoms with Gasteiger partial charge in [0.05, 0.1) is 183 Å². The summed E-state index contributed by atoms with van der Waals surface area (Å²) in [7, 11) is 23.4. The number of hydrogen-bond donors (Lipinski definition) is 17. The molecule has 0 aromatic rings. The molecule has 0 aromatic heterocycles. The Morgan fingerprint density at radius 3 is 0.648 bits per heavy atom. The van der Waals surface area contributed by atoms with Crippen LogP contribution in [0.15, 0.2) is 0 Å². The highest BCUT2D eigenvalue weighted by Gasteiger charge is 2.60. The predicted molar refractivity (Wildman–Crippen MR) is 353 cm³/mol. The van der Waals surface area contributed by atoms with Crippen LogP contribution in [0.3, 0.4) is 0 Å². The topological polar surface area (TPSA) is 510 Å². The Kier molecular flexibility index (Phi) is 33.0. The zero-order valence-electron chi connectivity index (χ0n) is 62.4. The minimum absolute atomic E-state index is 0.0860. The molecule has 0 saturated carbocycles. The molecule has 21 rings (SSSR count). The molecule has 35 atom stereocenters. The molecule has 21 fully saturated rings. The van der Waals surface area contributed by atoms with Crippen LogP contribution in [-0.4, -0.2) is 503 Å². The van der Waals surface area contributed by atoms with Crippen LogP contribution < -0.4 is 0 Å². The van der Waals surface area contributed by atoms with Crippen LogP contribution in [0.5, 0.6) is 0 Å². The molecule has 39 heteroatoms. The van der Waals surface area contributed by atoms with Crippen molar-refractivity contribution in [2.24, 2.45) is 0 Å². The van der Waals surface area contributed by atoms with Gasteiger partial charge in [-0.3, -0.25) is 0 Å². The summed E-state index contributed by atoms with van der Waals surface area (Å²) in [5.74, 6) is 0. The first-order valence-corrected chi connectivity index (χ1v) is 36.3. The lowest BCUT2D eigenvalue weighted by atomic mass is 9.95. The van der Waals surface area contributed by atoms with E-state index in [1.165, 1.54) is 0 Å². The van der Waals surface area contributed by atoms with Crippen LogP contribution in [0.1, 0.15) is 25.7 Å². The van der Waals surface area contributed by atoms with Crippen molar-refractivity contribution < 1.29 is 190 Å². The summed E-state index contributed by atoms with van der Waals surface area (Å²) < 4.78 is 114. The van der Waals surface area contributed by atoms with Crippen molar-refractivity contribution in [2.75, 3.05) is 183 Å². The molecule has 14 bridgehead atoms. The summed E-state index contributed by atoms with van der Waals surface area (Å²) in [6.45, 7) is -3.26. The normalized spacial score (nSPS) is 44.5. The van der Waals surface area contributed by atoms with Crippen molar-refractivity contribution in [3.63, 3.8) is 0 Å². The van der Waals surface area contributed by atoms with Gasteiger partial charge in [0, 0.05) is 25.7 Å². The fraction of sp³-hybridized carbons (Fsp3) is 1.00. The Balaban J connectivity index is 1.17. The molecule has 0 aromatic carbocycles. The lowest BCUT2D eigenvalue weighted by molar-refractivity contribution is -0.870. The quantitative estimate of drug-likeness (QED) is 0.0268. The van der Waals surface area contributed by atoms with E-state index < -0.39 is 261 Å². The number of quaternary nitrogens is 4. The molecule has 0 aliphatic carbocycles. The summed E-state index contributed by atoms with van der Waals surface area (Å²) in [5.41, 5.74) is 0. The molecular weight excluding hydrogens is 1410 g/mol. The fourth-order valence-corrected chi connectivity index (χ4v) is 13.9. The van der Waals surface area contributed by atoms with Gasteiger partial charge in [0.1, 0.15) is 171 Å². The van der Waals surface area contributed by atoms with Gasteiger partial charge >= 0.3 is 0 Å². The van der Waals surface area contributed by atoms with Crippen molar-refractivity contribution in [3.8, 4) is 0 Å². The Morgan fingerprint density at radius 2 is 0.419 bits per heavy atom. The monoisotopic (exact) mass is 1530 g/mol. The van der Waals surface area contributed by atoms with Crippen molar-refractivity contribution in [1.29, 1.82) is 0 Å². The molecule has 21 saturated heterocycles. The van der Waals surface area contributed by atoms with Gasteiger partial charge in [-0.05, 0) is 0 Å². The third-order valence-electron chi connectivity index (χ3n) is 19.7. The van der Waals surface area contributed by atoms with Gasteiger partial charge in [0.2, 0.25) is 0 Å². The molecule has 105 heavy (non-hydrogen) atoms. The summed E-state index contributed by atoms with van der Waals surface area (Å²) in [6.07, 6.45) is -63.6. The van der Waals surface area contributed by atoms with Crippen LogP contribution >= 0.6 is 0 Å². The molecular formula is C66H126N4O35+4. The van der Waals surface area contributed by atoms with Crippen LogP contribution in [0.4, 0.5) is 0 Å². The maximum Gasteiger partial charge on any atom is 0.187 e.